The largest absolute Gasteiger partial charge is 0.370 e. The third-order valence-corrected chi connectivity index (χ3v) is 2.83. The molecule has 0 aromatic heterocycles. The molecule has 0 radical (unpaired) electrons. The standard InChI is InChI=1S/C15H24N4/c1-6-18-13(19-14(16)17-5)11-7-9-12(10-8-11)15(2,3)4/h7-10H,6H2,1-5H3,(H3,16,17,18,19). The summed E-state index contributed by atoms with van der Waals surface area (Å²) in [5, 5.41) is 3.02. The molecule has 0 spiro atoms. The van der Waals surface area contributed by atoms with Gasteiger partial charge in [-0.15, -0.1) is 0 Å². The topological polar surface area (TPSA) is 62.8 Å². The van der Waals surface area contributed by atoms with Gasteiger partial charge in [-0.3, -0.25) is 9.98 Å². The van der Waals surface area contributed by atoms with Crippen molar-refractivity contribution in [2.24, 2.45) is 15.7 Å². The predicted octanol–water partition coefficient (Wildman–Crippen LogP) is 2.28. The fourth-order valence-electron chi connectivity index (χ4n) is 1.67. The van der Waals surface area contributed by atoms with Gasteiger partial charge in [-0.05, 0) is 17.9 Å². The summed E-state index contributed by atoms with van der Waals surface area (Å²) in [5.74, 6) is 1.12. The SMILES string of the molecule is CCN=C(NC(N)=NC)c1ccc(C(C)(C)C)cc1. The highest BCUT2D eigenvalue weighted by atomic mass is 15.1. The van der Waals surface area contributed by atoms with Gasteiger partial charge in [0.05, 0.1) is 0 Å². The lowest BCUT2D eigenvalue weighted by molar-refractivity contribution is 0.590. The van der Waals surface area contributed by atoms with Crippen LogP contribution < -0.4 is 11.1 Å². The van der Waals surface area contributed by atoms with Gasteiger partial charge in [0.2, 0.25) is 0 Å². The maximum atomic E-state index is 5.70. The molecule has 1 rings (SSSR count). The first-order valence-corrected chi connectivity index (χ1v) is 6.53. The number of hydrogen-bond donors (Lipinski definition) is 2. The van der Waals surface area contributed by atoms with Crippen molar-refractivity contribution in [2.45, 2.75) is 33.1 Å². The van der Waals surface area contributed by atoms with Crippen LogP contribution in [0.4, 0.5) is 0 Å². The molecule has 0 aliphatic rings. The molecule has 0 amide bonds. The zero-order valence-electron chi connectivity index (χ0n) is 12.5. The molecule has 0 aliphatic carbocycles. The van der Waals surface area contributed by atoms with E-state index in [1.807, 2.05) is 6.92 Å². The van der Waals surface area contributed by atoms with Crippen LogP contribution in [0, 0.1) is 0 Å². The molecule has 104 valence electrons. The van der Waals surface area contributed by atoms with Gasteiger partial charge < -0.3 is 11.1 Å². The first-order valence-electron chi connectivity index (χ1n) is 6.53. The molecule has 0 atom stereocenters. The van der Waals surface area contributed by atoms with Crippen LogP contribution in [-0.4, -0.2) is 25.4 Å². The molecule has 4 heteroatoms. The minimum atomic E-state index is 0.151. The maximum Gasteiger partial charge on any atom is 0.194 e. The lowest BCUT2D eigenvalue weighted by atomic mass is 9.86. The van der Waals surface area contributed by atoms with E-state index in [9.17, 15) is 0 Å². The number of guanidine groups is 1. The number of aliphatic imine (C=N–C) groups is 2. The summed E-state index contributed by atoms with van der Waals surface area (Å²) in [7, 11) is 1.65. The van der Waals surface area contributed by atoms with Crippen molar-refractivity contribution < 1.29 is 0 Å². The van der Waals surface area contributed by atoms with Crippen molar-refractivity contribution in [1.29, 1.82) is 0 Å². The normalized spacial score (nSPS) is 13.5. The number of hydrogen-bond acceptors (Lipinski definition) is 2. The van der Waals surface area contributed by atoms with Crippen molar-refractivity contribution in [3.63, 3.8) is 0 Å². The van der Waals surface area contributed by atoms with Crippen molar-refractivity contribution in [1.82, 2.24) is 5.32 Å². The molecule has 0 bridgehead atoms. The molecule has 0 aliphatic heterocycles. The summed E-state index contributed by atoms with van der Waals surface area (Å²) in [6, 6.07) is 8.37. The van der Waals surface area contributed by atoms with E-state index in [4.69, 9.17) is 5.73 Å². The highest BCUT2D eigenvalue weighted by Crippen LogP contribution is 2.22. The highest BCUT2D eigenvalue weighted by molar-refractivity contribution is 6.08. The molecule has 4 nitrogen and oxygen atoms in total. The second-order valence-corrected chi connectivity index (χ2v) is 5.38. The fourth-order valence-corrected chi connectivity index (χ4v) is 1.67. The van der Waals surface area contributed by atoms with Crippen molar-refractivity contribution in [3.8, 4) is 0 Å². The molecular weight excluding hydrogens is 236 g/mol. The van der Waals surface area contributed by atoms with Crippen LogP contribution >= 0.6 is 0 Å². The van der Waals surface area contributed by atoms with E-state index in [1.54, 1.807) is 7.05 Å². The average molecular weight is 260 g/mol. The minimum absolute atomic E-state index is 0.151. The van der Waals surface area contributed by atoms with Crippen LogP contribution in [0.3, 0.4) is 0 Å². The van der Waals surface area contributed by atoms with Gasteiger partial charge in [0.1, 0.15) is 5.84 Å². The Kier molecular flexibility index (Phi) is 5.10. The molecule has 0 saturated carbocycles. The van der Waals surface area contributed by atoms with Gasteiger partial charge >= 0.3 is 0 Å². The number of amidine groups is 1. The van der Waals surface area contributed by atoms with Crippen LogP contribution in [0.2, 0.25) is 0 Å². The maximum absolute atomic E-state index is 5.70. The number of nitrogens with one attached hydrogen (secondary N) is 1. The first kappa shape index (κ1) is 15.2. The van der Waals surface area contributed by atoms with Gasteiger partial charge in [-0.2, -0.15) is 0 Å². The Morgan fingerprint density at radius 1 is 1.21 bits per heavy atom. The van der Waals surface area contributed by atoms with Crippen LogP contribution in [0.1, 0.15) is 38.8 Å². The highest BCUT2D eigenvalue weighted by Gasteiger charge is 2.13. The first-order chi connectivity index (χ1) is 8.88. The monoisotopic (exact) mass is 260 g/mol. The molecule has 19 heavy (non-hydrogen) atoms. The Morgan fingerprint density at radius 2 is 1.79 bits per heavy atom. The number of nitrogens with zero attached hydrogens (tertiary/aromatic N) is 2. The van der Waals surface area contributed by atoms with Gasteiger partial charge in [-0.1, -0.05) is 45.0 Å². The Bertz CT molecular complexity index is 464. The van der Waals surface area contributed by atoms with Crippen LogP contribution in [-0.2, 0) is 5.41 Å². The third kappa shape index (κ3) is 4.39. The van der Waals surface area contributed by atoms with E-state index in [-0.39, 0.29) is 5.41 Å². The van der Waals surface area contributed by atoms with E-state index in [0.29, 0.717) is 12.5 Å². The fraction of sp³-hybridized carbons (Fsp3) is 0.467. The van der Waals surface area contributed by atoms with E-state index in [2.05, 4.69) is 60.3 Å². The molecule has 1 aromatic rings. The van der Waals surface area contributed by atoms with E-state index < -0.39 is 0 Å². The summed E-state index contributed by atoms with van der Waals surface area (Å²) in [5.41, 5.74) is 8.16. The third-order valence-electron chi connectivity index (χ3n) is 2.83. The zero-order chi connectivity index (χ0) is 14.5. The van der Waals surface area contributed by atoms with Crippen molar-refractivity contribution >= 4 is 11.8 Å². The zero-order valence-corrected chi connectivity index (χ0v) is 12.5. The summed E-state index contributed by atoms with van der Waals surface area (Å²) < 4.78 is 0. The summed E-state index contributed by atoms with van der Waals surface area (Å²) in [6.07, 6.45) is 0. The Balaban J connectivity index is 3.02. The van der Waals surface area contributed by atoms with Crippen LogP contribution in [0.15, 0.2) is 34.3 Å². The Hall–Kier alpha value is -1.84. The number of rotatable bonds is 2. The van der Waals surface area contributed by atoms with E-state index in [1.165, 1.54) is 5.56 Å². The second-order valence-electron chi connectivity index (χ2n) is 5.38. The molecule has 0 heterocycles. The predicted molar refractivity (Wildman–Crippen MR) is 82.9 cm³/mol. The van der Waals surface area contributed by atoms with E-state index in [0.717, 1.165) is 11.4 Å². The molecule has 0 fully saturated rings. The molecule has 3 N–H and O–H groups in total. The van der Waals surface area contributed by atoms with Gasteiger partial charge in [-0.25, -0.2) is 0 Å². The second kappa shape index (κ2) is 6.36. The molecular formula is C15H24N4. The van der Waals surface area contributed by atoms with E-state index >= 15 is 0 Å². The van der Waals surface area contributed by atoms with Crippen LogP contribution in [0.5, 0.6) is 0 Å². The Morgan fingerprint density at radius 3 is 2.21 bits per heavy atom. The summed E-state index contributed by atoms with van der Waals surface area (Å²) in [4.78, 5) is 8.31. The molecule has 1 aromatic carbocycles. The number of nitrogens with two attached hydrogens (primary N) is 1. The Labute approximate surface area is 115 Å². The smallest absolute Gasteiger partial charge is 0.194 e. The minimum Gasteiger partial charge on any atom is -0.370 e. The van der Waals surface area contributed by atoms with Gasteiger partial charge in [0.15, 0.2) is 5.96 Å². The molecule has 0 saturated heterocycles. The van der Waals surface area contributed by atoms with Crippen molar-refractivity contribution in [3.05, 3.63) is 35.4 Å². The number of benzene rings is 1. The van der Waals surface area contributed by atoms with Crippen molar-refractivity contribution in [2.75, 3.05) is 13.6 Å². The quantitative estimate of drug-likeness (QED) is 0.633. The summed E-state index contributed by atoms with van der Waals surface area (Å²) in [6.45, 7) is 9.28. The average Bonchev–Trinajstić information content (AvgIpc) is 2.37. The van der Waals surface area contributed by atoms with Gasteiger partial charge in [0, 0.05) is 19.2 Å². The van der Waals surface area contributed by atoms with Gasteiger partial charge in [0.25, 0.3) is 0 Å². The summed E-state index contributed by atoms with van der Waals surface area (Å²) >= 11 is 0. The van der Waals surface area contributed by atoms with Crippen LogP contribution in [0.25, 0.3) is 0 Å². The lowest BCUT2D eigenvalue weighted by Gasteiger charge is -2.19. The molecule has 0 unspecified atom stereocenters. The lowest BCUT2D eigenvalue weighted by Crippen LogP contribution is -2.37.